The van der Waals surface area contributed by atoms with Crippen molar-refractivity contribution in [1.29, 1.82) is 0 Å². The average molecular weight is 333 g/mol. The number of esters is 1. The summed E-state index contributed by atoms with van der Waals surface area (Å²) in [6.45, 7) is 1.66. The molecule has 0 atom stereocenters. The molecule has 6 nitrogen and oxygen atoms in total. The molecule has 0 aliphatic rings. The molecular weight excluding hydrogens is 318 g/mol. The number of amides is 2. The van der Waals surface area contributed by atoms with Crippen LogP contribution in [0.15, 0.2) is 41.8 Å². The molecule has 0 aliphatic heterocycles. The second-order valence-electron chi connectivity index (χ2n) is 4.36. The Morgan fingerprint density at radius 3 is 2.61 bits per heavy atom. The molecule has 0 fully saturated rings. The number of ether oxygens (including phenoxy) is 2. The van der Waals surface area contributed by atoms with E-state index >= 15 is 0 Å². The quantitative estimate of drug-likeness (QED) is 0.820. The Kier molecular flexibility index (Phi) is 5.87. The van der Waals surface area contributed by atoms with E-state index in [1.807, 2.05) is 0 Å². The van der Waals surface area contributed by atoms with E-state index < -0.39 is 24.4 Å². The van der Waals surface area contributed by atoms with Gasteiger partial charge in [0, 0.05) is 0 Å². The minimum atomic E-state index is -0.689. The van der Waals surface area contributed by atoms with Crippen LogP contribution in [0.4, 0.5) is 0 Å². The highest BCUT2D eigenvalue weighted by Crippen LogP contribution is 2.18. The van der Waals surface area contributed by atoms with Gasteiger partial charge in [-0.05, 0) is 30.5 Å². The van der Waals surface area contributed by atoms with E-state index in [0.717, 1.165) is 0 Å². The summed E-state index contributed by atoms with van der Waals surface area (Å²) in [6.07, 6.45) is 0. The lowest BCUT2D eigenvalue weighted by atomic mass is 10.2. The molecule has 1 heterocycles. The molecule has 2 rings (SSSR count). The number of carbonyl (C=O) groups is 3. The molecular formula is C16H15NO5S. The van der Waals surface area contributed by atoms with Gasteiger partial charge in [-0.3, -0.25) is 14.9 Å². The number of imide groups is 1. The molecule has 1 aromatic heterocycles. The van der Waals surface area contributed by atoms with Gasteiger partial charge in [-0.25, -0.2) is 4.79 Å². The maximum absolute atomic E-state index is 12.0. The van der Waals surface area contributed by atoms with Crippen LogP contribution in [0.5, 0.6) is 5.75 Å². The summed E-state index contributed by atoms with van der Waals surface area (Å²) in [4.78, 5) is 35.8. The molecule has 2 amide bonds. The van der Waals surface area contributed by atoms with Crippen LogP contribution in [0.2, 0.25) is 0 Å². The van der Waals surface area contributed by atoms with Gasteiger partial charge in [-0.15, -0.1) is 11.3 Å². The number of nitrogens with one attached hydrogen (secondary N) is 1. The number of carbonyl (C=O) groups excluding carboxylic acids is 3. The molecule has 1 aromatic carbocycles. The van der Waals surface area contributed by atoms with E-state index in [9.17, 15) is 14.4 Å². The van der Waals surface area contributed by atoms with Gasteiger partial charge in [0.05, 0.1) is 11.5 Å². The van der Waals surface area contributed by atoms with Crippen LogP contribution in [-0.4, -0.2) is 31.0 Å². The first-order valence-electron chi connectivity index (χ1n) is 6.88. The van der Waals surface area contributed by atoms with Crippen LogP contribution in [-0.2, 0) is 9.53 Å². The molecule has 1 N–H and O–H groups in total. The molecule has 0 radical (unpaired) electrons. The van der Waals surface area contributed by atoms with Gasteiger partial charge in [0.2, 0.25) is 0 Å². The van der Waals surface area contributed by atoms with Crippen LogP contribution in [0.3, 0.4) is 0 Å². The molecule has 7 heteroatoms. The summed E-state index contributed by atoms with van der Waals surface area (Å²) in [5, 5.41) is 3.88. The van der Waals surface area contributed by atoms with E-state index in [1.165, 1.54) is 11.3 Å². The summed E-state index contributed by atoms with van der Waals surface area (Å²) in [5.41, 5.74) is 0.228. The Morgan fingerprint density at radius 1 is 1.13 bits per heavy atom. The standard InChI is InChI=1S/C16H15NO5S/c1-2-21-12-7-4-3-6-11(12)16(20)22-10-14(18)17-15(19)13-8-5-9-23-13/h3-9H,2,10H2,1H3,(H,17,18,19). The fourth-order valence-electron chi connectivity index (χ4n) is 1.76. The van der Waals surface area contributed by atoms with Gasteiger partial charge in [0.15, 0.2) is 6.61 Å². The first-order chi connectivity index (χ1) is 11.1. The van der Waals surface area contributed by atoms with Crippen molar-refractivity contribution in [2.24, 2.45) is 0 Å². The topological polar surface area (TPSA) is 81.7 Å². The van der Waals surface area contributed by atoms with Crippen molar-refractivity contribution < 1.29 is 23.9 Å². The normalized spacial score (nSPS) is 9.96. The Balaban J connectivity index is 1.89. The number of para-hydroxylation sites is 1. The van der Waals surface area contributed by atoms with E-state index in [2.05, 4.69) is 5.32 Å². The van der Waals surface area contributed by atoms with Crippen LogP contribution in [0, 0.1) is 0 Å². The number of rotatable bonds is 6. The van der Waals surface area contributed by atoms with Crippen molar-refractivity contribution in [3.8, 4) is 5.75 Å². The Morgan fingerprint density at radius 2 is 1.91 bits per heavy atom. The lowest BCUT2D eigenvalue weighted by Gasteiger charge is -2.09. The summed E-state index contributed by atoms with van der Waals surface area (Å²) < 4.78 is 10.2. The molecule has 120 valence electrons. The van der Waals surface area contributed by atoms with Gasteiger partial charge in [0.25, 0.3) is 11.8 Å². The van der Waals surface area contributed by atoms with Crippen LogP contribution in [0.1, 0.15) is 27.0 Å². The fourth-order valence-corrected chi connectivity index (χ4v) is 2.38. The van der Waals surface area contributed by atoms with E-state index in [-0.39, 0.29) is 5.56 Å². The average Bonchev–Trinajstić information content (AvgIpc) is 3.08. The lowest BCUT2D eigenvalue weighted by Crippen LogP contribution is -2.33. The highest BCUT2D eigenvalue weighted by atomic mass is 32.1. The zero-order chi connectivity index (χ0) is 16.7. The molecule has 0 bridgehead atoms. The van der Waals surface area contributed by atoms with Crippen LogP contribution >= 0.6 is 11.3 Å². The van der Waals surface area contributed by atoms with Crippen molar-refractivity contribution in [3.05, 3.63) is 52.2 Å². The van der Waals surface area contributed by atoms with Gasteiger partial charge in [-0.1, -0.05) is 18.2 Å². The second-order valence-corrected chi connectivity index (χ2v) is 5.31. The Bertz CT molecular complexity index is 696. The van der Waals surface area contributed by atoms with Crippen molar-refractivity contribution in [2.45, 2.75) is 6.92 Å². The van der Waals surface area contributed by atoms with Gasteiger partial charge >= 0.3 is 5.97 Å². The van der Waals surface area contributed by atoms with Crippen molar-refractivity contribution in [3.63, 3.8) is 0 Å². The third-order valence-electron chi connectivity index (χ3n) is 2.74. The molecule has 23 heavy (non-hydrogen) atoms. The Hall–Kier alpha value is -2.67. The van der Waals surface area contributed by atoms with Crippen molar-refractivity contribution in [1.82, 2.24) is 5.32 Å². The Labute approximate surface area is 137 Å². The first-order valence-corrected chi connectivity index (χ1v) is 7.76. The molecule has 2 aromatic rings. The van der Waals surface area contributed by atoms with Gasteiger partial charge in [0.1, 0.15) is 11.3 Å². The number of hydrogen-bond donors (Lipinski definition) is 1. The molecule has 0 saturated carbocycles. The highest BCUT2D eigenvalue weighted by Gasteiger charge is 2.16. The molecule has 0 saturated heterocycles. The minimum absolute atomic E-state index is 0.228. The molecule has 0 aliphatic carbocycles. The maximum Gasteiger partial charge on any atom is 0.342 e. The monoisotopic (exact) mass is 333 g/mol. The largest absolute Gasteiger partial charge is 0.493 e. The van der Waals surface area contributed by atoms with Crippen molar-refractivity contribution >= 4 is 29.1 Å². The van der Waals surface area contributed by atoms with E-state index in [0.29, 0.717) is 17.2 Å². The minimum Gasteiger partial charge on any atom is -0.493 e. The van der Waals surface area contributed by atoms with E-state index in [1.54, 1.807) is 48.7 Å². The zero-order valence-electron chi connectivity index (χ0n) is 12.4. The number of thiophene rings is 1. The molecule has 0 unspecified atom stereocenters. The lowest BCUT2D eigenvalue weighted by molar-refractivity contribution is -0.123. The van der Waals surface area contributed by atoms with Crippen LogP contribution < -0.4 is 10.1 Å². The van der Waals surface area contributed by atoms with Gasteiger partial charge < -0.3 is 9.47 Å². The third-order valence-corrected chi connectivity index (χ3v) is 3.61. The zero-order valence-corrected chi connectivity index (χ0v) is 13.2. The predicted molar refractivity (Wildman–Crippen MR) is 84.7 cm³/mol. The van der Waals surface area contributed by atoms with Crippen molar-refractivity contribution in [2.75, 3.05) is 13.2 Å². The summed E-state index contributed by atoms with van der Waals surface area (Å²) in [7, 11) is 0. The summed E-state index contributed by atoms with van der Waals surface area (Å²) >= 11 is 1.21. The van der Waals surface area contributed by atoms with E-state index in [4.69, 9.17) is 9.47 Å². The predicted octanol–water partition coefficient (Wildman–Crippen LogP) is 2.26. The maximum atomic E-state index is 12.0. The van der Waals surface area contributed by atoms with Crippen LogP contribution in [0.25, 0.3) is 0 Å². The SMILES string of the molecule is CCOc1ccccc1C(=O)OCC(=O)NC(=O)c1cccs1. The second kappa shape index (κ2) is 8.09. The fraction of sp³-hybridized carbons (Fsp3) is 0.188. The number of benzene rings is 1. The highest BCUT2D eigenvalue weighted by molar-refractivity contribution is 7.12. The summed E-state index contributed by atoms with van der Waals surface area (Å²) in [5.74, 6) is -1.51. The third kappa shape index (κ3) is 4.65. The van der Waals surface area contributed by atoms with Gasteiger partial charge in [-0.2, -0.15) is 0 Å². The first kappa shape index (κ1) is 16.7. The number of hydrogen-bond acceptors (Lipinski definition) is 6. The molecule has 0 spiro atoms. The summed E-state index contributed by atoms with van der Waals surface area (Å²) in [6, 6.07) is 9.88. The smallest absolute Gasteiger partial charge is 0.342 e.